The zero-order chi connectivity index (χ0) is 13.0. The quantitative estimate of drug-likeness (QED) is 0.855. The lowest BCUT2D eigenvalue weighted by molar-refractivity contribution is 0.0534. The second kappa shape index (κ2) is 5.96. The number of hydrogen-bond acceptors (Lipinski definition) is 4. The van der Waals surface area contributed by atoms with Gasteiger partial charge >= 0.3 is 0 Å². The number of nitrogen functional groups attached to an aromatic ring is 1. The molecule has 0 aliphatic rings. The molecule has 96 valence electrons. The number of ether oxygens (including phenoxy) is 1. The fraction of sp³-hybridized carbons (Fsp3) is 0.692. The van der Waals surface area contributed by atoms with E-state index in [4.69, 9.17) is 10.5 Å². The Labute approximate surface area is 104 Å². The van der Waals surface area contributed by atoms with Gasteiger partial charge in [-0.15, -0.1) is 0 Å². The van der Waals surface area contributed by atoms with Crippen LogP contribution in [0.3, 0.4) is 0 Å². The molecule has 0 saturated carbocycles. The average molecular weight is 237 g/mol. The Morgan fingerprint density at radius 1 is 1.24 bits per heavy atom. The third kappa shape index (κ3) is 3.16. The number of aryl methyl sites for hydroxylation is 1. The molecule has 0 bridgehead atoms. The van der Waals surface area contributed by atoms with Gasteiger partial charge in [0, 0.05) is 17.9 Å². The summed E-state index contributed by atoms with van der Waals surface area (Å²) in [5.74, 6) is 1.63. The first-order chi connectivity index (χ1) is 8.01. The van der Waals surface area contributed by atoms with Gasteiger partial charge in [-0.3, -0.25) is 0 Å². The van der Waals surface area contributed by atoms with Gasteiger partial charge in [0.15, 0.2) is 5.82 Å². The van der Waals surface area contributed by atoms with Crippen molar-refractivity contribution in [1.29, 1.82) is 0 Å². The number of nitrogens with two attached hydrogens (primary N) is 1. The maximum absolute atomic E-state index is 6.01. The van der Waals surface area contributed by atoms with Crippen LogP contribution in [0.15, 0.2) is 0 Å². The van der Waals surface area contributed by atoms with Gasteiger partial charge in [0.25, 0.3) is 0 Å². The molecule has 17 heavy (non-hydrogen) atoms. The fourth-order valence-corrected chi connectivity index (χ4v) is 2.06. The zero-order valence-electron chi connectivity index (χ0n) is 11.4. The number of aromatic nitrogens is 2. The highest BCUT2D eigenvalue weighted by Crippen LogP contribution is 2.26. The molecule has 0 fully saturated rings. The molecule has 0 aliphatic carbocycles. The lowest BCUT2D eigenvalue weighted by Crippen LogP contribution is -2.13. The third-order valence-electron chi connectivity index (χ3n) is 2.79. The van der Waals surface area contributed by atoms with Crippen LogP contribution >= 0.6 is 0 Å². The van der Waals surface area contributed by atoms with Crippen LogP contribution in [0.5, 0.6) is 0 Å². The molecule has 1 atom stereocenters. The molecule has 0 radical (unpaired) electrons. The van der Waals surface area contributed by atoms with Crippen LogP contribution in [0.4, 0.5) is 5.82 Å². The molecule has 0 spiro atoms. The smallest absolute Gasteiger partial charge is 0.159 e. The van der Waals surface area contributed by atoms with Crippen LogP contribution in [0.25, 0.3) is 0 Å². The van der Waals surface area contributed by atoms with Crippen molar-refractivity contribution in [2.75, 3.05) is 12.3 Å². The maximum Gasteiger partial charge on any atom is 0.159 e. The van der Waals surface area contributed by atoms with E-state index >= 15 is 0 Å². The molecule has 1 unspecified atom stereocenters. The van der Waals surface area contributed by atoms with Crippen molar-refractivity contribution in [1.82, 2.24) is 9.97 Å². The van der Waals surface area contributed by atoms with Crippen molar-refractivity contribution in [3.8, 4) is 0 Å². The van der Waals surface area contributed by atoms with Crippen molar-refractivity contribution < 1.29 is 4.74 Å². The summed E-state index contributed by atoms with van der Waals surface area (Å²) < 4.78 is 5.61. The normalized spacial score (nSPS) is 13.1. The topological polar surface area (TPSA) is 61.0 Å². The second-order valence-corrected chi connectivity index (χ2v) is 4.47. The summed E-state index contributed by atoms with van der Waals surface area (Å²) in [6, 6.07) is 0. The first kappa shape index (κ1) is 13.9. The van der Waals surface area contributed by atoms with Gasteiger partial charge in [-0.05, 0) is 26.2 Å². The zero-order valence-corrected chi connectivity index (χ0v) is 11.4. The van der Waals surface area contributed by atoms with E-state index in [1.165, 1.54) is 0 Å². The van der Waals surface area contributed by atoms with Crippen LogP contribution in [0.1, 0.15) is 63.2 Å². The first-order valence-corrected chi connectivity index (χ1v) is 6.26. The highest BCUT2D eigenvalue weighted by atomic mass is 16.5. The molecule has 2 N–H and O–H groups in total. The summed E-state index contributed by atoms with van der Waals surface area (Å²) in [6.45, 7) is 10.9. The van der Waals surface area contributed by atoms with Gasteiger partial charge in [0.2, 0.25) is 0 Å². The van der Waals surface area contributed by atoms with E-state index < -0.39 is 0 Å². The summed E-state index contributed by atoms with van der Waals surface area (Å²) in [7, 11) is 0. The van der Waals surface area contributed by atoms with Crippen LogP contribution in [-0.2, 0) is 4.74 Å². The molecule has 4 heteroatoms. The second-order valence-electron chi connectivity index (χ2n) is 4.47. The van der Waals surface area contributed by atoms with E-state index in [0.717, 1.165) is 17.7 Å². The van der Waals surface area contributed by atoms with Gasteiger partial charge in [-0.1, -0.05) is 20.8 Å². The van der Waals surface area contributed by atoms with Gasteiger partial charge in [-0.2, -0.15) is 0 Å². The van der Waals surface area contributed by atoms with Crippen molar-refractivity contribution in [3.63, 3.8) is 0 Å². The molecule has 0 aromatic carbocycles. The Hall–Kier alpha value is -1.16. The summed E-state index contributed by atoms with van der Waals surface area (Å²) in [5.41, 5.74) is 8.01. The number of nitrogens with zero attached hydrogens (tertiary/aromatic N) is 2. The minimum absolute atomic E-state index is 0.0535. The first-order valence-electron chi connectivity index (χ1n) is 6.26. The average Bonchev–Trinajstić information content (AvgIpc) is 2.24. The highest BCUT2D eigenvalue weighted by Gasteiger charge is 2.17. The molecule has 1 rings (SSSR count). The molecule has 0 aliphatic heterocycles. The van der Waals surface area contributed by atoms with Gasteiger partial charge in [-0.25, -0.2) is 9.97 Å². The molecule has 1 heterocycles. The SMILES string of the molecule is CCOC(CC)c1nc(C)c(C(C)C)c(N)n1. The van der Waals surface area contributed by atoms with E-state index in [1.807, 2.05) is 13.8 Å². The summed E-state index contributed by atoms with van der Waals surface area (Å²) in [6.07, 6.45) is 0.801. The number of rotatable bonds is 5. The lowest BCUT2D eigenvalue weighted by Gasteiger charge is -2.18. The molecular weight excluding hydrogens is 214 g/mol. The van der Waals surface area contributed by atoms with Crippen molar-refractivity contribution in [2.45, 2.75) is 53.1 Å². The Kier molecular flexibility index (Phi) is 4.87. The maximum atomic E-state index is 6.01. The molecule has 0 amide bonds. The van der Waals surface area contributed by atoms with E-state index in [-0.39, 0.29) is 6.10 Å². The van der Waals surface area contributed by atoms with Gasteiger partial charge in [0.1, 0.15) is 11.9 Å². The number of anilines is 1. The van der Waals surface area contributed by atoms with E-state index in [1.54, 1.807) is 0 Å². The molecule has 1 aromatic heterocycles. The van der Waals surface area contributed by atoms with Crippen molar-refractivity contribution in [3.05, 3.63) is 17.1 Å². The van der Waals surface area contributed by atoms with Crippen LogP contribution in [0, 0.1) is 6.92 Å². The molecule has 4 nitrogen and oxygen atoms in total. The largest absolute Gasteiger partial charge is 0.383 e. The van der Waals surface area contributed by atoms with Gasteiger partial charge in [0.05, 0.1) is 0 Å². The Morgan fingerprint density at radius 2 is 1.88 bits per heavy atom. The molecule has 1 aromatic rings. The lowest BCUT2D eigenvalue weighted by atomic mass is 10.0. The summed E-state index contributed by atoms with van der Waals surface area (Å²) in [5, 5.41) is 0. The Morgan fingerprint density at radius 3 is 2.29 bits per heavy atom. The predicted octanol–water partition coefficient (Wildman–Crippen LogP) is 2.98. The van der Waals surface area contributed by atoms with Crippen LogP contribution in [-0.4, -0.2) is 16.6 Å². The van der Waals surface area contributed by atoms with Crippen LogP contribution in [0.2, 0.25) is 0 Å². The Balaban J connectivity index is 3.12. The molecular formula is C13H23N3O. The standard InChI is InChI=1S/C13H23N3O/c1-6-10(17-7-2)13-15-9(5)11(8(3)4)12(14)16-13/h8,10H,6-7H2,1-5H3,(H2,14,15,16). The van der Waals surface area contributed by atoms with Crippen molar-refractivity contribution in [2.24, 2.45) is 0 Å². The minimum atomic E-state index is -0.0535. The molecule has 0 saturated heterocycles. The predicted molar refractivity (Wildman–Crippen MR) is 69.9 cm³/mol. The van der Waals surface area contributed by atoms with Gasteiger partial charge < -0.3 is 10.5 Å². The van der Waals surface area contributed by atoms with E-state index in [9.17, 15) is 0 Å². The van der Waals surface area contributed by atoms with Crippen LogP contribution < -0.4 is 5.73 Å². The fourth-order valence-electron chi connectivity index (χ4n) is 2.06. The monoisotopic (exact) mass is 237 g/mol. The minimum Gasteiger partial charge on any atom is -0.383 e. The third-order valence-corrected chi connectivity index (χ3v) is 2.79. The van der Waals surface area contributed by atoms with E-state index in [0.29, 0.717) is 24.2 Å². The van der Waals surface area contributed by atoms with Crippen molar-refractivity contribution >= 4 is 5.82 Å². The number of hydrogen-bond donors (Lipinski definition) is 1. The highest BCUT2D eigenvalue weighted by molar-refractivity contribution is 5.44. The Bertz CT molecular complexity index is 354. The summed E-state index contributed by atoms with van der Waals surface area (Å²) >= 11 is 0. The van der Waals surface area contributed by atoms with E-state index in [2.05, 4.69) is 30.7 Å². The summed E-state index contributed by atoms with van der Waals surface area (Å²) in [4.78, 5) is 8.92.